The number of nitrogens with zero attached hydrogens (tertiary/aromatic N) is 2. The van der Waals surface area contributed by atoms with Gasteiger partial charge in [-0.25, -0.2) is 4.98 Å². The Morgan fingerprint density at radius 3 is 2.65 bits per heavy atom. The first-order valence-electron chi connectivity index (χ1n) is 5.90. The molecular weight excluding hydrogens is 278 g/mol. The Bertz CT molecular complexity index is 612. The third-order valence-electron chi connectivity index (χ3n) is 2.52. The first kappa shape index (κ1) is 14.0. The van der Waals surface area contributed by atoms with E-state index in [9.17, 15) is 10.1 Å². The van der Waals surface area contributed by atoms with Crippen molar-refractivity contribution in [2.75, 3.05) is 5.32 Å². The number of aromatic nitrogens is 1. The highest BCUT2D eigenvalue weighted by atomic mass is 35.5. The van der Waals surface area contributed by atoms with E-state index < -0.39 is 4.92 Å². The van der Waals surface area contributed by atoms with Crippen LogP contribution in [0.3, 0.4) is 0 Å². The minimum Gasteiger partial charge on any atom is -0.354 e. The minimum absolute atomic E-state index is 0.375. The van der Waals surface area contributed by atoms with Gasteiger partial charge in [0.1, 0.15) is 5.15 Å². The Hall–Kier alpha value is -2.40. The average Bonchev–Trinajstić information content (AvgIpc) is 2.42. The predicted octanol–water partition coefficient (Wildman–Crippen LogP) is 3.51. The monoisotopic (exact) mass is 289 g/mol. The molecule has 0 bridgehead atoms. The summed E-state index contributed by atoms with van der Waals surface area (Å²) in [6.45, 7) is 0. The number of rotatable bonds is 5. The van der Waals surface area contributed by atoms with Crippen molar-refractivity contribution in [3.8, 4) is 0 Å². The van der Waals surface area contributed by atoms with Crippen LogP contribution in [0.2, 0.25) is 5.15 Å². The van der Waals surface area contributed by atoms with Crippen LogP contribution in [-0.4, -0.2) is 9.91 Å². The largest absolute Gasteiger partial charge is 0.354 e. The van der Waals surface area contributed by atoms with Gasteiger partial charge in [0.2, 0.25) is 0 Å². The zero-order valence-electron chi connectivity index (χ0n) is 10.5. The second kappa shape index (κ2) is 6.68. The van der Waals surface area contributed by atoms with Crippen LogP contribution >= 0.6 is 11.6 Å². The molecule has 0 saturated carbocycles. The Balaban J connectivity index is 2.16. The summed E-state index contributed by atoms with van der Waals surface area (Å²) in [4.78, 5) is 14.2. The third kappa shape index (κ3) is 4.37. The van der Waals surface area contributed by atoms with E-state index >= 15 is 0 Å². The molecule has 2 aromatic rings. The number of halogens is 1. The molecule has 6 heteroatoms. The van der Waals surface area contributed by atoms with Crippen molar-refractivity contribution in [2.45, 2.75) is 6.42 Å². The third-order valence-corrected chi connectivity index (χ3v) is 2.75. The van der Waals surface area contributed by atoms with Gasteiger partial charge in [0, 0.05) is 18.3 Å². The number of benzene rings is 1. The van der Waals surface area contributed by atoms with E-state index in [1.807, 2.05) is 30.3 Å². The van der Waals surface area contributed by atoms with E-state index in [0.717, 1.165) is 17.5 Å². The Labute approximate surface area is 121 Å². The van der Waals surface area contributed by atoms with Crippen LogP contribution in [0.1, 0.15) is 5.56 Å². The predicted molar refractivity (Wildman–Crippen MR) is 78.1 cm³/mol. The number of allylic oxidation sites excluding steroid dienone is 1. The van der Waals surface area contributed by atoms with Gasteiger partial charge in [0.05, 0.1) is 10.6 Å². The molecule has 1 N–H and O–H groups in total. The molecule has 0 aliphatic rings. The number of nitro groups is 1. The number of anilines is 1. The van der Waals surface area contributed by atoms with Crippen LogP contribution in [0.4, 0.5) is 5.69 Å². The highest BCUT2D eigenvalue weighted by Gasteiger charge is 2.06. The molecule has 2 rings (SSSR count). The van der Waals surface area contributed by atoms with Crippen LogP contribution < -0.4 is 5.32 Å². The number of hydrogen-bond acceptors (Lipinski definition) is 4. The Kier molecular flexibility index (Phi) is 4.68. The first-order chi connectivity index (χ1) is 9.63. The maximum Gasteiger partial charge on any atom is 0.253 e. The smallest absolute Gasteiger partial charge is 0.253 e. The summed E-state index contributed by atoms with van der Waals surface area (Å²) < 4.78 is 0. The summed E-state index contributed by atoms with van der Waals surface area (Å²) in [7, 11) is 0. The first-order valence-corrected chi connectivity index (χ1v) is 6.28. The molecule has 5 nitrogen and oxygen atoms in total. The quantitative estimate of drug-likeness (QED) is 0.519. The minimum atomic E-state index is -0.478. The fourth-order valence-corrected chi connectivity index (χ4v) is 1.80. The molecule has 1 aromatic carbocycles. The molecule has 0 atom stereocenters. The summed E-state index contributed by atoms with van der Waals surface area (Å²) in [6, 6.07) is 12.7. The van der Waals surface area contributed by atoms with Gasteiger partial charge in [-0.2, -0.15) is 0 Å². The summed E-state index contributed by atoms with van der Waals surface area (Å²) >= 11 is 5.71. The SMILES string of the molecule is O=[N+]([O-])/C=C(\Cc1ccc(Cl)nc1)Nc1ccccc1. The Morgan fingerprint density at radius 1 is 1.30 bits per heavy atom. The molecule has 1 heterocycles. The lowest BCUT2D eigenvalue weighted by Gasteiger charge is -2.08. The number of para-hydroxylation sites is 1. The van der Waals surface area contributed by atoms with Gasteiger partial charge >= 0.3 is 0 Å². The lowest BCUT2D eigenvalue weighted by Crippen LogP contribution is -2.06. The molecule has 0 spiro atoms. The van der Waals surface area contributed by atoms with Crippen molar-refractivity contribution in [1.82, 2.24) is 4.98 Å². The summed E-state index contributed by atoms with van der Waals surface area (Å²) in [5, 5.41) is 14.1. The molecular formula is C14H12ClN3O2. The van der Waals surface area contributed by atoms with E-state index in [4.69, 9.17) is 11.6 Å². The fourth-order valence-electron chi connectivity index (χ4n) is 1.69. The zero-order valence-corrected chi connectivity index (χ0v) is 11.2. The molecule has 0 amide bonds. The maximum atomic E-state index is 10.7. The number of hydrogen-bond donors (Lipinski definition) is 1. The molecule has 0 aliphatic carbocycles. The number of pyridine rings is 1. The van der Waals surface area contributed by atoms with Gasteiger partial charge in [-0.15, -0.1) is 0 Å². The van der Waals surface area contributed by atoms with Crippen LogP contribution in [-0.2, 0) is 6.42 Å². The molecule has 0 fully saturated rings. The van der Waals surface area contributed by atoms with Crippen molar-refractivity contribution < 1.29 is 4.92 Å². The summed E-state index contributed by atoms with van der Waals surface area (Å²) in [6.07, 6.45) is 2.93. The van der Waals surface area contributed by atoms with Crippen LogP contribution in [0.25, 0.3) is 0 Å². The van der Waals surface area contributed by atoms with Crippen molar-refractivity contribution in [1.29, 1.82) is 0 Å². The molecule has 20 heavy (non-hydrogen) atoms. The van der Waals surface area contributed by atoms with Crippen molar-refractivity contribution in [3.05, 3.63) is 81.4 Å². The van der Waals surface area contributed by atoms with Crippen molar-refractivity contribution in [3.63, 3.8) is 0 Å². The van der Waals surface area contributed by atoms with E-state index in [2.05, 4.69) is 10.3 Å². The van der Waals surface area contributed by atoms with E-state index in [1.165, 1.54) is 0 Å². The van der Waals surface area contributed by atoms with Crippen molar-refractivity contribution >= 4 is 17.3 Å². The molecule has 102 valence electrons. The van der Waals surface area contributed by atoms with Gasteiger partial charge in [0.15, 0.2) is 0 Å². The summed E-state index contributed by atoms with van der Waals surface area (Å²) in [5.74, 6) is 0. The molecule has 0 aliphatic heterocycles. The average molecular weight is 290 g/mol. The zero-order chi connectivity index (χ0) is 14.4. The highest BCUT2D eigenvalue weighted by Crippen LogP contribution is 2.14. The maximum absolute atomic E-state index is 10.7. The number of nitrogens with one attached hydrogen (secondary N) is 1. The lowest BCUT2D eigenvalue weighted by atomic mass is 10.1. The molecule has 0 radical (unpaired) electrons. The molecule has 1 aromatic heterocycles. The van der Waals surface area contributed by atoms with Gasteiger partial charge in [-0.05, 0) is 23.8 Å². The molecule has 0 saturated heterocycles. The van der Waals surface area contributed by atoms with E-state index in [1.54, 1.807) is 18.3 Å². The second-order valence-corrected chi connectivity index (χ2v) is 4.48. The van der Waals surface area contributed by atoms with E-state index in [0.29, 0.717) is 17.3 Å². The topological polar surface area (TPSA) is 68.1 Å². The van der Waals surface area contributed by atoms with Crippen molar-refractivity contribution in [2.24, 2.45) is 0 Å². The second-order valence-electron chi connectivity index (χ2n) is 4.10. The van der Waals surface area contributed by atoms with Gasteiger partial charge in [0.25, 0.3) is 6.20 Å². The molecule has 0 unspecified atom stereocenters. The fraction of sp³-hybridized carbons (Fsp3) is 0.0714. The van der Waals surface area contributed by atoms with Crippen LogP contribution in [0, 0.1) is 10.1 Å². The highest BCUT2D eigenvalue weighted by molar-refractivity contribution is 6.29. The van der Waals surface area contributed by atoms with Gasteiger partial charge < -0.3 is 5.32 Å². The standard InChI is InChI=1S/C14H12ClN3O2/c15-14-7-6-11(9-16-14)8-13(10-18(19)20)17-12-4-2-1-3-5-12/h1-7,9-10,17H,8H2/b13-10+. The van der Waals surface area contributed by atoms with Gasteiger partial charge in [-0.3, -0.25) is 10.1 Å². The van der Waals surface area contributed by atoms with E-state index in [-0.39, 0.29) is 0 Å². The normalized spacial score (nSPS) is 11.2. The summed E-state index contributed by atoms with van der Waals surface area (Å²) in [5.41, 5.74) is 2.11. The lowest BCUT2D eigenvalue weighted by molar-refractivity contribution is -0.403. The van der Waals surface area contributed by atoms with Gasteiger partial charge in [-0.1, -0.05) is 35.9 Å². The van der Waals surface area contributed by atoms with Crippen LogP contribution in [0.5, 0.6) is 0 Å². The van der Waals surface area contributed by atoms with Crippen LogP contribution in [0.15, 0.2) is 60.6 Å². The Morgan fingerprint density at radius 2 is 2.05 bits per heavy atom.